The topological polar surface area (TPSA) is 114 Å². The molecule has 0 aliphatic rings. The van der Waals surface area contributed by atoms with Gasteiger partial charge in [0.1, 0.15) is 11.5 Å². The number of esters is 2. The van der Waals surface area contributed by atoms with Gasteiger partial charge in [-0.1, -0.05) is 12.1 Å². The Hall–Kier alpha value is -4.54. The molecule has 0 aliphatic heterocycles. The van der Waals surface area contributed by atoms with E-state index in [-0.39, 0.29) is 17.9 Å². The molecule has 0 bridgehead atoms. The number of alkyl halides is 4. The largest absolute Gasteiger partial charge is 0.462 e. The Morgan fingerprint density at radius 3 is 2.22 bits per heavy atom. The van der Waals surface area contributed by atoms with Crippen LogP contribution < -0.4 is 20.9 Å². The molecule has 194 valence electrons. The molecule has 4 N–H and O–H groups in total. The molecule has 0 heterocycles. The van der Waals surface area contributed by atoms with E-state index < -0.39 is 30.2 Å². The van der Waals surface area contributed by atoms with Crippen LogP contribution in [0.5, 0.6) is 11.5 Å². The van der Waals surface area contributed by atoms with Gasteiger partial charge in [0, 0.05) is 23.9 Å². The number of nitrogen functional groups attached to an aromatic ring is 2. The Morgan fingerprint density at radius 1 is 0.919 bits per heavy atom. The second kappa shape index (κ2) is 11.9. The molecule has 11 heteroatoms. The molecule has 7 nitrogen and oxygen atoms in total. The van der Waals surface area contributed by atoms with Crippen molar-refractivity contribution < 1.29 is 41.4 Å². The summed E-state index contributed by atoms with van der Waals surface area (Å²) in [5.74, 6) is -1.84. The highest BCUT2D eigenvalue weighted by Gasteiger charge is 2.43. The average Bonchev–Trinajstić information content (AvgIpc) is 2.86. The minimum atomic E-state index is -4.64. The van der Waals surface area contributed by atoms with E-state index >= 15 is 0 Å². The summed E-state index contributed by atoms with van der Waals surface area (Å²) in [5.41, 5.74) is 14.2. The fraction of sp³-hybridized carbons (Fsp3) is 0.154. The van der Waals surface area contributed by atoms with Gasteiger partial charge in [-0.05, 0) is 71.8 Å². The monoisotopic (exact) mass is 518 g/mol. The van der Waals surface area contributed by atoms with Crippen LogP contribution in [-0.2, 0) is 16.0 Å². The van der Waals surface area contributed by atoms with Crippen molar-refractivity contribution >= 4 is 29.4 Å². The van der Waals surface area contributed by atoms with Crippen molar-refractivity contribution in [3.63, 3.8) is 0 Å². The average molecular weight is 518 g/mol. The molecule has 0 spiro atoms. The lowest BCUT2D eigenvalue weighted by Crippen LogP contribution is -2.33. The number of halogens is 4. The van der Waals surface area contributed by atoms with E-state index in [0.29, 0.717) is 23.4 Å². The zero-order valence-corrected chi connectivity index (χ0v) is 19.2. The Kier molecular flexibility index (Phi) is 8.72. The lowest BCUT2D eigenvalue weighted by Gasteiger charge is -2.16. The highest BCUT2D eigenvalue weighted by Crippen LogP contribution is 2.28. The van der Waals surface area contributed by atoms with Crippen LogP contribution in [0.3, 0.4) is 0 Å². The highest BCUT2D eigenvalue weighted by atomic mass is 19.3. The van der Waals surface area contributed by atoms with Crippen molar-refractivity contribution in [3.8, 4) is 11.5 Å². The van der Waals surface area contributed by atoms with E-state index in [1.165, 1.54) is 24.3 Å². The fourth-order valence-corrected chi connectivity index (χ4v) is 2.99. The lowest BCUT2D eigenvalue weighted by atomic mass is 10.1. The van der Waals surface area contributed by atoms with Crippen molar-refractivity contribution in [1.82, 2.24) is 0 Å². The van der Waals surface area contributed by atoms with Gasteiger partial charge in [-0.15, -0.1) is 0 Å². The minimum Gasteiger partial charge on any atom is -0.462 e. The highest BCUT2D eigenvalue weighted by molar-refractivity contribution is 5.91. The predicted octanol–water partition coefficient (Wildman–Crippen LogP) is 5.11. The van der Waals surface area contributed by atoms with Gasteiger partial charge >= 0.3 is 24.5 Å². The molecule has 3 aromatic rings. The van der Waals surface area contributed by atoms with E-state index in [0.717, 1.165) is 29.8 Å². The Morgan fingerprint density at radius 2 is 1.57 bits per heavy atom. The van der Waals surface area contributed by atoms with Gasteiger partial charge in [-0.25, -0.2) is 9.59 Å². The van der Waals surface area contributed by atoms with E-state index in [1.54, 1.807) is 30.3 Å². The number of anilines is 2. The van der Waals surface area contributed by atoms with Crippen LogP contribution in [-0.4, -0.2) is 31.1 Å². The van der Waals surface area contributed by atoms with E-state index in [4.69, 9.17) is 20.9 Å². The number of nitrogens with two attached hydrogens (primary N) is 2. The van der Waals surface area contributed by atoms with Gasteiger partial charge in [-0.3, -0.25) is 0 Å². The Bertz CT molecular complexity index is 1260. The van der Waals surface area contributed by atoms with E-state index in [2.05, 4.69) is 4.74 Å². The number of hydrogen-bond acceptors (Lipinski definition) is 7. The summed E-state index contributed by atoms with van der Waals surface area (Å²) in [4.78, 5) is 24.2. The number of rotatable bonds is 10. The molecular weight excluding hydrogens is 496 g/mol. The fourth-order valence-electron chi connectivity index (χ4n) is 2.99. The van der Waals surface area contributed by atoms with Gasteiger partial charge in [0.2, 0.25) is 0 Å². The van der Waals surface area contributed by atoms with Crippen molar-refractivity contribution in [2.24, 2.45) is 0 Å². The van der Waals surface area contributed by atoms with Crippen molar-refractivity contribution in [2.75, 3.05) is 18.1 Å². The maximum Gasteiger partial charge on any atom is 0.461 e. The molecule has 0 aromatic heterocycles. The zero-order chi connectivity index (χ0) is 27.0. The van der Waals surface area contributed by atoms with Gasteiger partial charge in [0.25, 0.3) is 0 Å². The lowest BCUT2D eigenvalue weighted by molar-refractivity contribution is -0.253. The summed E-state index contributed by atoms with van der Waals surface area (Å²) in [7, 11) is 0. The summed E-state index contributed by atoms with van der Waals surface area (Å²) >= 11 is 0. The van der Waals surface area contributed by atoms with Crippen LogP contribution in [0, 0.1) is 0 Å². The zero-order valence-electron chi connectivity index (χ0n) is 19.2. The number of carbonyl (C=O) groups is 2. The molecule has 0 amide bonds. The minimum absolute atomic E-state index is 0.00984. The van der Waals surface area contributed by atoms with Crippen molar-refractivity contribution in [3.05, 3.63) is 89.5 Å². The van der Waals surface area contributed by atoms with Gasteiger partial charge in [0.15, 0.2) is 0 Å². The second-order valence-electron chi connectivity index (χ2n) is 7.66. The first-order valence-corrected chi connectivity index (χ1v) is 10.8. The summed E-state index contributed by atoms with van der Waals surface area (Å²) in [6, 6.07) is 15.3. The third kappa shape index (κ3) is 7.99. The van der Waals surface area contributed by atoms with Crippen LogP contribution in [0.25, 0.3) is 6.08 Å². The molecule has 0 aliphatic carbocycles. The molecule has 0 radical (unpaired) electrons. The second-order valence-corrected chi connectivity index (χ2v) is 7.66. The van der Waals surface area contributed by atoms with Crippen molar-refractivity contribution in [2.45, 2.75) is 19.0 Å². The maximum atomic E-state index is 12.9. The summed E-state index contributed by atoms with van der Waals surface area (Å²) in [6.07, 6.45) is -5.49. The quantitative estimate of drug-likeness (QED) is 0.126. The molecule has 0 saturated carbocycles. The number of hydrogen-bond donors (Lipinski definition) is 2. The van der Waals surface area contributed by atoms with Gasteiger partial charge in [0.05, 0.1) is 12.2 Å². The molecule has 3 rings (SSSR count). The molecule has 0 saturated heterocycles. The van der Waals surface area contributed by atoms with Gasteiger partial charge < -0.3 is 25.7 Å². The summed E-state index contributed by atoms with van der Waals surface area (Å²) in [5, 5.41) is 0. The number of ether oxygens (including phenoxy) is 3. The first kappa shape index (κ1) is 27.1. The molecule has 37 heavy (non-hydrogen) atoms. The summed E-state index contributed by atoms with van der Waals surface area (Å²) < 4.78 is 64.5. The first-order valence-electron chi connectivity index (χ1n) is 10.8. The van der Waals surface area contributed by atoms with Crippen LogP contribution in [0.2, 0.25) is 0 Å². The Balaban J connectivity index is 1.48. The SMILES string of the molecule is Nc1ccc(N)c(CCOC(=O)/C=C/c2ccc(C(=O)Oc3ccc(OC(F)(F)C(F)F)cc3)cc2)c1. The third-order valence-corrected chi connectivity index (χ3v) is 4.88. The van der Waals surface area contributed by atoms with Crippen LogP contribution in [0.1, 0.15) is 21.5 Å². The Labute approximate surface area is 209 Å². The molecular formula is C26H22F4N2O5. The predicted molar refractivity (Wildman–Crippen MR) is 128 cm³/mol. The van der Waals surface area contributed by atoms with Crippen LogP contribution in [0.4, 0.5) is 28.9 Å². The van der Waals surface area contributed by atoms with E-state index in [1.807, 2.05) is 0 Å². The van der Waals surface area contributed by atoms with Crippen molar-refractivity contribution in [1.29, 1.82) is 0 Å². The first-order chi connectivity index (χ1) is 17.5. The van der Waals surface area contributed by atoms with E-state index in [9.17, 15) is 27.2 Å². The maximum absolute atomic E-state index is 12.9. The normalized spacial score (nSPS) is 11.5. The number of carbonyl (C=O) groups excluding carboxylic acids is 2. The molecule has 0 atom stereocenters. The number of benzene rings is 3. The van der Waals surface area contributed by atoms with Crippen LogP contribution >= 0.6 is 0 Å². The molecule has 0 unspecified atom stereocenters. The molecule has 3 aromatic carbocycles. The standard InChI is InChI=1S/C26H22F4N2O5/c27-25(28)26(29,30)37-21-9-7-20(8-10-21)36-24(34)17-4-1-16(2-5-17)3-12-23(33)35-14-13-18-15-19(31)6-11-22(18)32/h1-12,15,25H,13-14,31-32H2/b12-3+. The summed E-state index contributed by atoms with van der Waals surface area (Å²) in [6.45, 7) is 0.114. The van der Waals surface area contributed by atoms with Crippen LogP contribution in [0.15, 0.2) is 72.8 Å². The third-order valence-electron chi connectivity index (χ3n) is 4.88. The smallest absolute Gasteiger partial charge is 0.461 e. The molecule has 0 fully saturated rings. The van der Waals surface area contributed by atoms with Gasteiger partial charge in [-0.2, -0.15) is 17.6 Å².